The lowest BCUT2D eigenvalue weighted by Crippen LogP contribution is -2.49. The lowest BCUT2D eigenvalue weighted by molar-refractivity contribution is 0.0718. The van der Waals surface area contributed by atoms with Crippen molar-refractivity contribution in [2.75, 3.05) is 36.4 Å². The largest absolute Gasteiger partial charge is 0.449 e. The Morgan fingerprint density at radius 1 is 0.909 bits per heavy atom. The van der Waals surface area contributed by atoms with Crippen molar-refractivity contribution < 1.29 is 18.4 Å². The summed E-state index contributed by atoms with van der Waals surface area (Å²) in [5.41, 5.74) is 0.580. The Labute approximate surface area is 188 Å². The Morgan fingerprint density at radius 3 is 2.36 bits per heavy atom. The third-order valence-corrected chi connectivity index (χ3v) is 5.55. The van der Waals surface area contributed by atoms with Crippen LogP contribution in [-0.4, -0.2) is 52.9 Å². The van der Waals surface area contributed by atoms with E-state index in [2.05, 4.69) is 15.3 Å². The van der Waals surface area contributed by atoms with E-state index in [4.69, 9.17) is 4.42 Å². The van der Waals surface area contributed by atoms with Gasteiger partial charge in [0.1, 0.15) is 17.1 Å². The molecule has 1 saturated heterocycles. The maximum Gasteiger partial charge on any atom is 0.291 e. The lowest BCUT2D eigenvalue weighted by Gasteiger charge is -2.34. The molecule has 2 aromatic carbocycles. The molecule has 0 aliphatic carbocycles. The van der Waals surface area contributed by atoms with Crippen LogP contribution >= 0.6 is 0 Å². The van der Waals surface area contributed by atoms with Gasteiger partial charge in [-0.2, -0.15) is 0 Å². The minimum absolute atomic E-state index is 0.0188. The molecule has 33 heavy (non-hydrogen) atoms. The van der Waals surface area contributed by atoms with Gasteiger partial charge < -0.3 is 19.5 Å². The van der Waals surface area contributed by atoms with E-state index in [0.29, 0.717) is 43.1 Å². The number of fused-ring (bicyclic) bond motifs is 1. The van der Waals surface area contributed by atoms with E-state index in [9.17, 15) is 14.0 Å². The number of aromatic nitrogens is 2. The molecule has 1 fully saturated rings. The van der Waals surface area contributed by atoms with Crippen molar-refractivity contribution in [1.29, 1.82) is 0 Å². The Morgan fingerprint density at radius 2 is 1.61 bits per heavy atom. The second-order valence-corrected chi connectivity index (χ2v) is 7.56. The molecule has 2 amide bonds. The predicted molar refractivity (Wildman–Crippen MR) is 121 cm³/mol. The van der Waals surface area contributed by atoms with E-state index >= 15 is 0 Å². The molecular weight excluding hydrogens is 425 g/mol. The van der Waals surface area contributed by atoms with Crippen molar-refractivity contribution in [1.82, 2.24) is 14.9 Å². The van der Waals surface area contributed by atoms with Crippen molar-refractivity contribution in [3.63, 3.8) is 0 Å². The second-order valence-electron chi connectivity index (χ2n) is 7.56. The fourth-order valence-corrected chi connectivity index (χ4v) is 3.85. The summed E-state index contributed by atoms with van der Waals surface area (Å²) in [6.45, 7) is 2.00. The van der Waals surface area contributed by atoms with Gasteiger partial charge in [-0.3, -0.25) is 9.59 Å². The van der Waals surface area contributed by atoms with Crippen LogP contribution in [0.2, 0.25) is 0 Å². The van der Waals surface area contributed by atoms with Gasteiger partial charge in [-0.1, -0.05) is 24.3 Å². The van der Waals surface area contributed by atoms with Crippen LogP contribution in [-0.2, 0) is 0 Å². The van der Waals surface area contributed by atoms with Gasteiger partial charge in [0.15, 0.2) is 0 Å². The molecular formula is C24H20FN5O3. The van der Waals surface area contributed by atoms with E-state index in [0.717, 1.165) is 0 Å². The van der Waals surface area contributed by atoms with Crippen molar-refractivity contribution in [2.45, 2.75) is 0 Å². The summed E-state index contributed by atoms with van der Waals surface area (Å²) >= 11 is 0. The van der Waals surface area contributed by atoms with Crippen LogP contribution in [0.1, 0.15) is 20.9 Å². The molecule has 8 nitrogen and oxygen atoms in total. The SMILES string of the molecule is O=C(Nc1c(C(=O)N2CCN(c3ncccn3)CC2)oc2ccccc12)c1ccccc1F. The smallest absolute Gasteiger partial charge is 0.291 e. The molecule has 1 aliphatic heterocycles. The standard InChI is InChI=1S/C24H20FN5O3/c25-18-8-3-1-6-16(18)22(31)28-20-17-7-2-4-9-19(17)33-21(20)23(32)29-12-14-30(15-13-29)24-26-10-5-11-27-24/h1-11H,12-15H2,(H,28,31). The second kappa shape index (κ2) is 8.70. The first-order valence-corrected chi connectivity index (χ1v) is 10.5. The predicted octanol–water partition coefficient (Wildman–Crippen LogP) is 3.58. The van der Waals surface area contributed by atoms with E-state index < -0.39 is 11.7 Å². The minimum Gasteiger partial charge on any atom is -0.449 e. The highest BCUT2D eigenvalue weighted by Gasteiger charge is 2.30. The first-order chi connectivity index (χ1) is 16.1. The van der Waals surface area contributed by atoms with E-state index in [-0.39, 0.29) is 22.9 Å². The van der Waals surface area contributed by atoms with Crippen LogP contribution in [0, 0.1) is 5.82 Å². The molecule has 3 heterocycles. The van der Waals surface area contributed by atoms with Crippen molar-refractivity contribution >= 4 is 34.4 Å². The molecule has 0 saturated carbocycles. The Balaban J connectivity index is 1.41. The number of nitrogens with one attached hydrogen (secondary N) is 1. The van der Waals surface area contributed by atoms with Crippen LogP contribution in [0.3, 0.4) is 0 Å². The molecule has 9 heteroatoms. The number of halogens is 1. The number of rotatable bonds is 4. The molecule has 5 rings (SSSR count). The molecule has 0 unspecified atom stereocenters. The molecule has 2 aromatic heterocycles. The van der Waals surface area contributed by atoms with Crippen LogP contribution in [0.4, 0.5) is 16.0 Å². The van der Waals surface area contributed by atoms with Crippen molar-refractivity contribution in [3.8, 4) is 0 Å². The number of anilines is 2. The number of amides is 2. The average Bonchev–Trinajstić information content (AvgIpc) is 3.23. The molecule has 0 bridgehead atoms. The lowest BCUT2D eigenvalue weighted by atomic mass is 10.1. The van der Waals surface area contributed by atoms with Gasteiger partial charge in [-0.05, 0) is 30.3 Å². The number of carbonyl (C=O) groups excluding carboxylic acids is 2. The summed E-state index contributed by atoms with van der Waals surface area (Å²) in [4.78, 5) is 38.3. The summed E-state index contributed by atoms with van der Waals surface area (Å²) in [6.07, 6.45) is 3.36. The number of carbonyl (C=O) groups is 2. The average molecular weight is 445 g/mol. The molecule has 0 atom stereocenters. The monoisotopic (exact) mass is 445 g/mol. The normalized spacial score (nSPS) is 13.8. The van der Waals surface area contributed by atoms with E-state index in [1.165, 1.54) is 18.2 Å². The van der Waals surface area contributed by atoms with Gasteiger partial charge in [0.25, 0.3) is 11.8 Å². The maximum absolute atomic E-state index is 14.1. The highest BCUT2D eigenvalue weighted by molar-refractivity contribution is 6.14. The minimum atomic E-state index is -0.653. The zero-order chi connectivity index (χ0) is 22.8. The summed E-state index contributed by atoms with van der Waals surface area (Å²) in [7, 11) is 0. The van der Waals surface area contributed by atoms with Crippen LogP contribution < -0.4 is 10.2 Å². The molecule has 1 N–H and O–H groups in total. The molecule has 1 aliphatic rings. The van der Waals surface area contributed by atoms with Gasteiger partial charge >= 0.3 is 0 Å². The topological polar surface area (TPSA) is 91.6 Å². The number of hydrogen-bond donors (Lipinski definition) is 1. The van der Waals surface area contributed by atoms with Crippen LogP contribution in [0.25, 0.3) is 11.0 Å². The third kappa shape index (κ3) is 4.00. The number of para-hydroxylation sites is 1. The summed E-state index contributed by atoms with van der Waals surface area (Å²) < 4.78 is 20.0. The maximum atomic E-state index is 14.1. The Hall–Kier alpha value is -4.27. The van der Waals surface area contributed by atoms with Crippen molar-refractivity contribution in [3.05, 3.63) is 84.1 Å². The van der Waals surface area contributed by atoms with Crippen LogP contribution in [0.5, 0.6) is 0 Å². The fraction of sp³-hybridized carbons (Fsp3) is 0.167. The number of nitrogens with zero attached hydrogens (tertiary/aromatic N) is 4. The fourth-order valence-electron chi connectivity index (χ4n) is 3.85. The number of benzene rings is 2. The summed E-state index contributed by atoms with van der Waals surface area (Å²) in [6, 6.07) is 14.5. The van der Waals surface area contributed by atoms with Gasteiger partial charge in [0.2, 0.25) is 11.7 Å². The third-order valence-electron chi connectivity index (χ3n) is 5.55. The first-order valence-electron chi connectivity index (χ1n) is 10.5. The highest BCUT2D eigenvalue weighted by Crippen LogP contribution is 2.32. The zero-order valence-corrected chi connectivity index (χ0v) is 17.6. The quantitative estimate of drug-likeness (QED) is 0.516. The van der Waals surface area contributed by atoms with Gasteiger partial charge in [0.05, 0.1) is 5.56 Å². The van der Waals surface area contributed by atoms with Gasteiger partial charge in [-0.25, -0.2) is 14.4 Å². The zero-order valence-electron chi connectivity index (χ0n) is 17.6. The highest BCUT2D eigenvalue weighted by atomic mass is 19.1. The van der Waals surface area contributed by atoms with Gasteiger partial charge in [-0.15, -0.1) is 0 Å². The summed E-state index contributed by atoms with van der Waals surface area (Å²) in [5.74, 6) is -1.00. The number of piperazine rings is 1. The van der Waals surface area contributed by atoms with E-state index in [1.54, 1.807) is 53.7 Å². The molecule has 0 radical (unpaired) electrons. The molecule has 166 valence electrons. The molecule has 4 aromatic rings. The Kier molecular flexibility index (Phi) is 5.43. The Bertz CT molecular complexity index is 1320. The van der Waals surface area contributed by atoms with Crippen LogP contribution in [0.15, 0.2) is 71.4 Å². The van der Waals surface area contributed by atoms with Gasteiger partial charge in [0, 0.05) is 44.0 Å². The van der Waals surface area contributed by atoms with Crippen molar-refractivity contribution in [2.24, 2.45) is 0 Å². The molecule has 0 spiro atoms. The number of hydrogen-bond acceptors (Lipinski definition) is 6. The summed E-state index contributed by atoms with van der Waals surface area (Å²) in [5, 5.41) is 3.27. The van der Waals surface area contributed by atoms with E-state index in [1.807, 2.05) is 4.90 Å². The number of furan rings is 1. The first kappa shape index (κ1) is 20.6.